The van der Waals surface area contributed by atoms with Crippen LogP contribution in [0.5, 0.6) is 0 Å². The Balaban J connectivity index is 2.15. The number of nitrogens with one attached hydrogen (secondary N) is 1. The molecule has 0 aromatic carbocycles. The topological polar surface area (TPSA) is 68.0 Å². The van der Waals surface area contributed by atoms with Gasteiger partial charge in [0.15, 0.2) is 0 Å². The third kappa shape index (κ3) is 1.69. The highest BCUT2D eigenvalue weighted by Gasteiger charge is 2.39. The molecular weight excluding hydrogens is 178 g/mol. The summed E-state index contributed by atoms with van der Waals surface area (Å²) >= 11 is 0. The van der Waals surface area contributed by atoms with Crippen LogP contribution in [0.2, 0.25) is 0 Å². The maximum absolute atomic E-state index is 11.7. The molecule has 1 amide bonds. The lowest BCUT2D eigenvalue weighted by Gasteiger charge is -2.11. The number of anilines is 1. The van der Waals surface area contributed by atoms with Crippen LogP contribution < -0.4 is 11.1 Å². The summed E-state index contributed by atoms with van der Waals surface area (Å²) in [6, 6.07) is 1.63. The standard InChI is InChI=1S/C10H13N3O/c1-10(3-4-10)13-9(14)7-6-12-5-2-8(7)11/h2,5-6H,3-4H2,1H3,(H2,11,12)(H,13,14). The van der Waals surface area contributed by atoms with Crippen LogP contribution in [-0.2, 0) is 0 Å². The van der Waals surface area contributed by atoms with Gasteiger partial charge in [-0.2, -0.15) is 0 Å². The monoisotopic (exact) mass is 191 g/mol. The fourth-order valence-corrected chi connectivity index (χ4v) is 1.25. The highest BCUT2D eigenvalue weighted by molar-refractivity contribution is 5.99. The number of carbonyl (C=O) groups is 1. The second-order valence-corrected chi connectivity index (χ2v) is 3.98. The van der Waals surface area contributed by atoms with E-state index in [1.54, 1.807) is 12.3 Å². The minimum absolute atomic E-state index is 0.0145. The summed E-state index contributed by atoms with van der Waals surface area (Å²) in [5, 5.41) is 2.93. The quantitative estimate of drug-likeness (QED) is 0.731. The normalized spacial score (nSPS) is 17.5. The Morgan fingerprint density at radius 2 is 2.36 bits per heavy atom. The first kappa shape index (κ1) is 8.99. The summed E-state index contributed by atoms with van der Waals surface area (Å²) in [6.45, 7) is 2.03. The van der Waals surface area contributed by atoms with E-state index >= 15 is 0 Å². The van der Waals surface area contributed by atoms with Crippen molar-refractivity contribution in [1.82, 2.24) is 10.3 Å². The van der Waals surface area contributed by atoms with E-state index in [1.165, 1.54) is 6.20 Å². The molecule has 3 N–H and O–H groups in total. The third-order valence-corrected chi connectivity index (χ3v) is 2.51. The van der Waals surface area contributed by atoms with Gasteiger partial charge < -0.3 is 11.1 Å². The van der Waals surface area contributed by atoms with Gasteiger partial charge in [-0.1, -0.05) is 0 Å². The van der Waals surface area contributed by atoms with Crippen LogP contribution in [0.1, 0.15) is 30.1 Å². The molecule has 4 heteroatoms. The van der Waals surface area contributed by atoms with Gasteiger partial charge in [-0.05, 0) is 25.8 Å². The van der Waals surface area contributed by atoms with E-state index in [0.717, 1.165) is 12.8 Å². The van der Waals surface area contributed by atoms with E-state index in [-0.39, 0.29) is 11.4 Å². The van der Waals surface area contributed by atoms with Crippen molar-refractivity contribution >= 4 is 11.6 Å². The summed E-state index contributed by atoms with van der Waals surface area (Å²) in [5.74, 6) is -0.129. The molecule has 1 aromatic heterocycles. The van der Waals surface area contributed by atoms with Crippen molar-refractivity contribution in [2.24, 2.45) is 0 Å². The molecule has 1 aliphatic rings. The van der Waals surface area contributed by atoms with Crippen LogP contribution in [0.25, 0.3) is 0 Å². The Morgan fingerprint density at radius 1 is 1.64 bits per heavy atom. The first-order valence-corrected chi connectivity index (χ1v) is 4.63. The SMILES string of the molecule is CC1(NC(=O)c2cnccc2N)CC1. The van der Waals surface area contributed by atoms with E-state index in [4.69, 9.17) is 5.73 Å². The molecule has 1 aromatic rings. The minimum Gasteiger partial charge on any atom is -0.398 e. The van der Waals surface area contributed by atoms with Crippen LogP contribution in [0, 0.1) is 0 Å². The van der Waals surface area contributed by atoms with Crippen molar-refractivity contribution < 1.29 is 4.79 Å². The molecule has 0 spiro atoms. The number of rotatable bonds is 2. The van der Waals surface area contributed by atoms with E-state index in [9.17, 15) is 4.79 Å². The summed E-state index contributed by atoms with van der Waals surface area (Å²) in [5.41, 5.74) is 6.58. The number of carbonyl (C=O) groups excluding carboxylic acids is 1. The summed E-state index contributed by atoms with van der Waals surface area (Å²) in [6.07, 6.45) is 5.15. The number of hydrogen-bond donors (Lipinski definition) is 2. The van der Waals surface area contributed by atoms with Crippen molar-refractivity contribution in [1.29, 1.82) is 0 Å². The van der Waals surface area contributed by atoms with E-state index < -0.39 is 0 Å². The van der Waals surface area contributed by atoms with Crippen LogP contribution in [0.15, 0.2) is 18.5 Å². The lowest BCUT2D eigenvalue weighted by Crippen LogP contribution is -2.34. The maximum Gasteiger partial charge on any atom is 0.255 e. The van der Waals surface area contributed by atoms with Crippen molar-refractivity contribution in [3.8, 4) is 0 Å². The second-order valence-electron chi connectivity index (χ2n) is 3.98. The van der Waals surface area contributed by atoms with E-state index in [2.05, 4.69) is 10.3 Å². The molecule has 74 valence electrons. The van der Waals surface area contributed by atoms with Crippen LogP contribution in [0.3, 0.4) is 0 Å². The molecule has 14 heavy (non-hydrogen) atoms. The highest BCUT2D eigenvalue weighted by Crippen LogP contribution is 2.34. The molecular formula is C10H13N3O. The molecule has 1 aliphatic carbocycles. The Bertz CT molecular complexity index is 371. The molecule has 0 radical (unpaired) electrons. The fraction of sp³-hybridized carbons (Fsp3) is 0.400. The zero-order valence-corrected chi connectivity index (χ0v) is 8.08. The van der Waals surface area contributed by atoms with Crippen LogP contribution in [0.4, 0.5) is 5.69 Å². The van der Waals surface area contributed by atoms with Gasteiger partial charge in [0.25, 0.3) is 5.91 Å². The Hall–Kier alpha value is -1.58. The van der Waals surface area contributed by atoms with Gasteiger partial charge in [0.05, 0.1) is 5.56 Å². The van der Waals surface area contributed by atoms with Gasteiger partial charge in [-0.15, -0.1) is 0 Å². The predicted molar refractivity (Wildman–Crippen MR) is 53.8 cm³/mol. The molecule has 0 bridgehead atoms. The van der Waals surface area contributed by atoms with Crippen LogP contribution in [-0.4, -0.2) is 16.4 Å². The van der Waals surface area contributed by atoms with Gasteiger partial charge in [0, 0.05) is 23.6 Å². The number of nitrogen functional groups attached to an aromatic ring is 1. The summed E-state index contributed by atoms with van der Waals surface area (Å²) in [7, 11) is 0. The van der Waals surface area contributed by atoms with Gasteiger partial charge in [-0.3, -0.25) is 9.78 Å². The number of nitrogens with two attached hydrogens (primary N) is 1. The number of hydrogen-bond acceptors (Lipinski definition) is 3. The first-order chi connectivity index (χ1) is 6.61. The number of amides is 1. The third-order valence-electron chi connectivity index (χ3n) is 2.51. The molecule has 1 saturated carbocycles. The molecule has 1 heterocycles. The van der Waals surface area contributed by atoms with Crippen molar-refractivity contribution in [2.45, 2.75) is 25.3 Å². The number of nitrogens with zero attached hydrogens (tertiary/aromatic N) is 1. The average molecular weight is 191 g/mol. The average Bonchev–Trinajstić information content (AvgIpc) is 2.84. The Labute approximate surface area is 82.5 Å². The molecule has 4 nitrogen and oxygen atoms in total. The summed E-state index contributed by atoms with van der Waals surface area (Å²) < 4.78 is 0. The molecule has 1 fully saturated rings. The largest absolute Gasteiger partial charge is 0.398 e. The van der Waals surface area contributed by atoms with Crippen LogP contribution >= 0.6 is 0 Å². The number of pyridine rings is 1. The number of aromatic nitrogens is 1. The smallest absolute Gasteiger partial charge is 0.255 e. The van der Waals surface area contributed by atoms with Crippen molar-refractivity contribution in [3.63, 3.8) is 0 Å². The van der Waals surface area contributed by atoms with Gasteiger partial charge in [-0.25, -0.2) is 0 Å². The van der Waals surface area contributed by atoms with E-state index in [1.807, 2.05) is 6.92 Å². The second kappa shape index (κ2) is 2.97. The minimum atomic E-state index is -0.129. The summed E-state index contributed by atoms with van der Waals surface area (Å²) in [4.78, 5) is 15.6. The molecule has 0 aliphatic heterocycles. The highest BCUT2D eigenvalue weighted by atomic mass is 16.1. The predicted octanol–water partition coefficient (Wildman–Crippen LogP) is 0.946. The molecule has 0 atom stereocenters. The molecule has 0 unspecified atom stereocenters. The van der Waals surface area contributed by atoms with Gasteiger partial charge in [0.1, 0.15) is 0 Å². The maximum atomic E-state index is 11.7. The molecule has 0 saturated heterocycles. The van der Waals surface area contributed by atoms with Gasteiger partial charge in [0.2, 0.25) is 0 Å². The van der Waals surface area contributed by atoms with Crippen molar-refractivity contribution in [3.05, 3.63) is 24.0 Å². The molecule has 2 rings (SSSR count). The zero-order valence-electron chi connectivity index (χ0n) is 8.08. The lowest BCUT2D eigenvalue weighted by molar-refractivity contribution is 0.0936. The Kier molecular flexibility index (Phi) is 1.91. The first-order valence-electron chi connectivity index (χ1n) is 4.63. The van der Waals surface area contributed by atoms with Gasteiger partial charge >= 0.3 is 0 Å². The van der Waals surface area contributed by atoms with E-state index in [0.29, 0.717) is 11.3 Å². The zero-order chi connectivity index (χ0) is 10.2. The van der Waals surface area contributed by atoms with Crippen molar-refractivity contribution in [2.75, 3.05) is 5.73 Å². The lowest BCUT2D eigenvalue weighted by atomic mass is 10.2. The fourth-order valence-electron chi connectivity index (χ4n) is 1.25. The Morgan fingerprint density at radius 3 is 2.93 bits per heavy atom.